The van der Waals surface area contributed by atoms with Gasteiger partial charge in [-0.3, -0.25) is 10.1 Å². The number of likely N-dealkylation sites (tertiary alicyclic amines) is 1. The Kier molecular flexibility index (Phi) is 5.61. The van der Waals surface area contributed by atoms with Crippen LogP contribution in [0.3, 0.4) is 0 Å². The highest BCUT2D eigenvalue weighted by Gasteiger charge is 2.28. The Morgan fingerprint density at radius 1 is 1.52 bits per heavy atom. The number of urea groups is 1. The number of carbonyl (C=O) groups is 2. The van der Waals surface area contributed by atoms with Crippen LogP contribution in [0.25, 0.3) is 0 Å². The van der Waals surface area contributed by atoms with E-state index in [2.05, 4.69) is 10.6 Å². The van der Waals surface area contributed by atoms with E-state index in [1.165, 1.54) is 11.3 Å². The summed E-state index contributed by atoms with van der Waals surface area (Å²) in [4.78, 5) is 26.1. The number of carbonyl (C=O) groups excluding carboxylic acids is 2. The summed E-state index contributed by atoms with van der Waals surface area (Å²) in [6.07, 6.45) is 2.64. The normalized spacial score (nSPS) is 19.9. The molecule has 0 radical (unpaired) electrons. The molecule has 3 amide bonds. The first kappa shape index (κ1) is 15.8. The molecule has 5 nitrogen and oxygen atoms in total. The molecule has 2 unspecified atom stereocenters. The first-order valence-electron chi connectivity index (χ1n) is 7.50. The van der Waals surface area contributed by atoms with Gasteiger partial charge in [0.15, 0.2) is 0 Å². The maximum atomic E-state index is 12.2. The molecule has 0 saturated carbocycles. The van der Waals surface area contributed by atoms with E-state index >= 15 is 0 Å². The molecule has 6 heteroatoms. The van der Waals surface area contributed by atoms with Crippen LogP contribution in [0.15, 0.2) is 17.5 Å². The van der Waals surface area contributed by atoms with E-state index < -0.39 is 0 Å². The monoisotopic (exact) mass is 309 g/mol. The molecule has 1 aromatic rings. The third-order valence-electron chi connectivity index (χ3n) is 3.83. The zero-order valence-corrected chi connectivity index (χ0v) is 13.4. The van der Waals surface area contributed by atoms with Gasteiger partial charge < -0.3 is 10.2 Å². The van der Waals surface area contributed by atoms with Crippen molar-refractivity contribution in [1.29, 1.82) is 0 Å². The molecule has 2 heterocycles. The van der Waals surface area contributed by atoms with Crippen LogP contribution < -0.4 is 10.6 Å². The van der Waals surface area contributed by atoms with E-state index in [1.807, 2.05) is 31.4 Å². The molecule has 1 aliphatic heterocycles. The highest BCUT2D eigenvalue weighted by molar-refractivity contribution is 7.14. The second-order valence-electron chi connectivity index (χ2n) is 5.51. The highest BCUT2D eigenvalue weighted by atomic mass is 32.1. The summed E-state index contributed by atoms with van der Waals surface area (Å²) < 4.78 is 0. The first-order chi connectivity index (χ1) is 10.1. The highest BCUT2D eigenvalue weighted by Crippen LogP contribution is 2.20. The molecule has 0 aromatic carbocycles. The van der Waals surface area contributed by atoms with Gasteiger partial charge in [0.1, 0.15) is 0 Å². The predicted molar refractivity (Wildman–Crippen MR) is 85.5 cm³/mol. The average Bonchev–Trinajstić information content (AvgIpc) is 3.00. The molecule has 1 fully saturated rings. The van der Waals surface area contributed by atoms with Crippen LogP contribution in [0.4, 0.5) is 9.80 Å². The van der Waals surface area contributed by atoms with Crippen molar-refractivity contribution in [3.63, 3.8) is 0 Å². The lowest BCUT2D eigenvalue weighted by atomic mass is 9.97. The van der Waals surface area contributed by atoms with Gasteiger partial charge in [-0.1, -0.05) is 6.92 Å². The Bertz CT molecular complexity index is 475. The maximum absolute atomic E-state index is 12.2. The van der Waals surface area contributed by atoms with Gasteiger partial charge in [-0.25, -0.2) is 4.79 Å². The minimum absolute atomic E-state index is 0.0676. The van der Waals surface area contributed by atoms with Gasteiger partial charge in [0.05, 0.1) is 10.9 Å². The van der Waals surface area contributed by atoms with E-state index in [0.29, 0.717) is 13.1 Å². The SMILES string of the molecule is CCC(C)NC(=O)C1CCCN(C(=O)Nc2cccs2)C1. The number of anilines is 1. The van der Waals surface area contributed by atoms with Crippen LogP contribution in [0.1, 0.15) is 33.1 Å². The molecular formula is C15H23N3O2S. The molecule has 1 aromatic heterocycles. The summed E-state index contributed by atoms with van der Waals surface area (Å²) in [6, 6.07) is 3.85. The van der Waals surface area contributed by atoms with Crippen molar-refractivity contribution in [1.82, 2.24) is 10.2 Å². The first-order valence-corrected chi connectivity index (χ1v) is 8.38. The summed E-state index contributed by atoms with van der Waals surface area (Å²) in [7, 11) is 0. The lowest BCUT2D eigenvalue weighted by Crippen LogP contribution is -2.48. The molecular weight excluding hydrogens is 286 g/mol. The topological polar surface area (TPSA) is 61.4 Å². The molecule has 2 atom stereocenters. The number of piperidine rings is 1. The fraction of sp³-hybridized carbons (Fsp3) is 0.600. The van der Waals surface area contributed by atoms with E-state index in [9.17, 15) is 9.59 Å². The number of nitrogens with zero attached hydrogens (tertiary/aromatic N) is 1. The number of thiophene rings is 1. The molecule has 1 saturated heterocycles. The molecule has 1 aliphatic rings. The van der Waals surface area contributed by atoms with Crippen molar-refractivity contribution in [3.8, 4) is 0 Å². The van der Waals surface area contributed by atoms with Crippen LogP contribution in [-0.4, -0.2) is 36.0 Å². The largest absolute Gasteiger partial charge is 0.353 e. The second-order valence-corrected chi connectivity index (χ2v) is 6.46. The van der Waals surface area contributed by atoms with E-state index in [-0.39, 0.29) is 23.9 Å². The van der Waals surface area contributed by atoms with Crippen LogP contribution in [-0.2, 0) is 4.79 Å². The number of hydrogen-bond acceptors (Lipinski definition) is 3. The summed E-state index contributed by atoms with van der Waals surface area (Å²) in [5.41, 5.74) is 0. The summed E-state index contributed by atoms with van der Waals surface area (Å²) in [5.74, 6) is -0.0280. The van der Waals surface area contributed by atoms with Crippen LogP contribution in [0, 0.1) is 5.92 Å². The Hall–Kier alpha value is -1.56. The molecule has 2 rings (SSSR count). The molecule has 2 N–H and O–H groups in total. The van der Waals surface area contributed by atoms with Gasteiger partial charge in [-0.2, -0.15) is 0 Å². The lowest BCUT2D eigenvalue weighted by Gasteiger charge is -2.32. The summed E-state index contributed by atoms with van der Waals surface area (Å²) in [6.45, 7) is 5.26. The number of amides is 3. The Morgan fingerprint density at radius 2 is 2.33 bits per heavy atom. The minimum atomic E-state index is -0.113. The molecule has 21 heavy (non-hydrogen) atoms. The van der Waals surface area contributed by atoms with E-state index in [4.69, 9.17) is 0 Å². The Morgan fingerprint density at radius 3 is 3.00 bits per heavy atom. The molecule has 0 aliphatic carbocycles. The van der Waals surface area contributed by atoms with Crippen LogP contribution in [0.5, 0.6) is 0 Å². The van der Waals surface area contributed by atoms with Crippen molar-refractivity contribution < 1.29 is 9.59 Å². The van der Waals surface area contributed by atoms with Crippen molar-refractivity contribution >= 4 is 28.3 Å². The van der Waals surface area contributed by atoms with Crippen LogP contribution >= 0.6 is 11.3 Å². The number of nitrogens with one attached hydrogen (secondary N) is 2. The average molecular weight is 309 g/mol. The summed E-state index contributed by atoms with van der Waals surface area (Å²) >= 11 is 1.50. The van der Waals surface area contributed by atoms with Crippen molar-refractivity contribution in [3.05, 3.63) is 17.5 Å². The Balaban J connectivity index is 1.88. The second kappa shape index (κ2) is 7.45. The van der Waals surface area contributed by atoms with Gasteiger partial charge in [0, 0.05) is 19.1 Å². The zero-order chi connectivity index (χ0) is 15.2. The molecule has 116 valence electrons. The van der Waals surface area contributed by atoms with Gasteiger partial charge in [-0.15, -0.1) is 11.3 Å². The Labute approximate surface area is 129 Å². The molecule has 0 bridgehead atoms. The molecule has 0 spiro atoms. The third-order valence-corrected chi connectivity index (χ3v) is 4.62. The predicted octanol–water partition coefficient (Wildman–Crippen LogP) is 2.91. The quantitative estimate of drug-likeness (QED) is 0.898. The number of rotatable bonds is 4. The van der Waals surface area contributed by atoms with Gasteiger partial charge in [-0.05, 0) is 43.7 Å². The maximum Gasteiger partial charge on any atom is 0.322 e. The van der Waals surface area contributed by atoms with E-state index in [1.54, 1.807) is 4.90 Å². The third kappa shape index (κ3) is 4.46. The zero-order valence-electron chi connectivity index (χ0n) is 12.6. The number of hydrogen-bond donors (Lipinski definition) is 2. The van der Waals surface area contributed by atoms with Crippen LogP contribution in [0.2, 0.25) is 0 Å². The standard InChI is InChI=1S/C15H23N3O2S/c1-3-11(2)16-14(19)12-6-4-8-18(10-12)15(20)17-13-7-5-9-21-13/h5,7,9,11-12H,3-4,6,8,10H2,1-2H3,(H,16,19)(H,17,20). The van der Waals surface area contributed by atoms with Crippen molar-refractivity contribution in [2.24, 2.45) is 5.92 Å². The van der Waals surface area contributed by atoms with Gasteiger partial charge >= 0.3 is 6.03 Å². The van der Waals surface area contributed by atoms with Crippen molar-refractivity contribution in [2.75, 3.05) is 18.4 Å². The fourth-order valence-electron chi connectivity index (χ4n) is 2.37. The lowest BCUT2D eigenvalue weighted by molar-refractivity contribution is -0.126. The van der Waals surface area contributed by atoms with Gasteiger partial charge in [0.2, 0.25) is 5.91 Å². The summed E-state index contributed by atoms with van der Waals surface area (Å²) in [5, 5.41) is 8.65. The van der Waals surface area contributed by atoms with Crippen molar-refractivity contribution in [2.45, 2.75) is 39.2 Å². The van der Waals surface area contributed by atoms with E-state index in [0.717, 1.165) is 24.3 Å². The van der Waals surface area contributed by atoms with Gasteiger partial charge in [0.25, 0.3) is 0 Å². The minimum Gasteiger partial charge on any atom is -0.353 e. The fourth-order valence-corrected chi connectivity index (χ4v) is 2.98. The smallest absolute Gasteiger partial charge is 0.322 e.